The Bertz CT molecular complexity index is 1780. The molecule has 5 rings (SSSR count). The van der Waals surface area contributed by atoms with Gasteiger partial charge in [-0.3, -0.25) is 14.2 Å². The molecule has 39 heavy (non-hydrogen) atoms. The lowest BCUT2D eigenvalue weighted by Crippen LogP contribution is -2.40. The van der Waals surface area contributed by atoms with Crippen molar-refractivity contribution in [2.24, 2.45) is 4.99 Å². The van der Waals surface area contributed by atoms with E-state index in [9.17, 15) is 9.59 Å². The van der Waals surface area contributed by atoms with Gasteiger partial charge in [-0.15, -0.1) is 0 Å². The van der Waals surface area contributed by atoms with Crippen LogP contribution < -0.4 is 29.7 Å². The van der Waals surface area contributed by atoms with Crippen LogP contribution in [0.15, 0.2) is 87.8 Å². The highest BCUT2D eigenvalue weighted by atomic mass is 127. The van der Waals surface area contributed by atoms with Crippen LogP contribution in [-0.4, -0.2) is 24.7 Å². The maximum absolute atomic E-state index is 14.0. The van der Waals surface area contributed by atoms with Crippen molar-refractivity contribution < 1.29 is 14.3 Å². The number of halogens is 2. The van der Waals surface area contributed by atoms with Gasteiger partial charge in [0.05, 0.1) is 39.6 Å². The molecule has 1 N–H and O–H groups in total. The van der Waals surface area contributed by atoms with E-state index in [-0.39, 0.29) is 11.5 Å². The minimum Gasteiger partial charge on any atom is -0.497 e. The molecule has 7 nitrogen and oxygen atoms in total. The normalized spacial score (nSPS) is 15.0. The molecule has 4 aromatic rings. The Balaban J connectivity index is 1.70. The van der Waals surface area contributed by atoms with Gasteiger partial charge in [0.25, 0.3) is 11.5 Å². The van der Waals surface area contributed by atoms with Crippen molar-refractivity contribution in [2.45, 2.75) is 13.0 Å². The number of benzene rings is 3. The minimum atomic E-state index is -0.670. The fourth-order valence-corrected chi connectivity index (χ4v) is 7.62. The number of carbonyl (C=O) groups excluding carboxylic acids is 1. The molecule has 0 unspecified atom stereocenters. The predicted molar refractivity (Wildman–Crippen MR) is 170 cm³/mol. The minimum absolute atomic E-state index is 0.229. The molecule has 10 heteroatoms. The van der Waals surface area contributed by atoms with E-state index in [1.54, 1.807) is 25.7 Å². The average Bonchev–Trinajstić information content (AvgIpc) is 3.22. The number of hydrogen-bond donors (Lipinski definition) is 1. The monoisotopic (exact) mass is 763 g/mol. The zero-order valence-electron chi connectivity index (χ0n) is 21.2. The van der Waals surface area contributed by atoms with Gasteiger partial charge < -0.3 is 14.8 Å². The van der Waals surface area contributed by atoms with Crippen LogP contribution >= 0.6 is 56.5 Å². The highest BCUT2D eigenvalue weighted by molar-refractivity contribution is 14.1. The Morgan fingerprint density at radius 2 is 1.77 bits per heavy atom. The lowest BCUT2D eigenvalue weighted by Gasteiger charge is -2.25. The Morgan fingerprint density at radius 3 is 2.44 bits per heavy atom. The van der Waals surface area contributed by atoms with Crippen LogP contribution in [0.1, 0.15) is 24.1 Å². The van der Waals surface area contributed by atoms with E-state index in [2.05, 4.69) is 50.5 Å². The Kier molecular flexibility index (Phi) is 8.24. The molecule has 1 atom stereocenters. The maximum Gasteiger partial charge on any atom is 0.271 e. The van der Waals surface area contributed by atoms with Crippen LogP contribution in [0.2, 0.25) is 0 Å². The number of anilines is 1. The third-order valence-electron chi connectivity index (χ3n) is 6.26. The first-order valence-corrected chi connectivity index (χ1v) is 14.8. The number of rotatable bonds is 6. The number of thiazole rings is 1. The second kappa shape index (κ2) is 11.6. The molecule has 0 saturated heterocycles. The number of aromatic nitrogens is 1. The summed E-state index contributed by atoms with van der Waals surface area (Å²) in [7, 11) is 3.22. The zero-order valence-corrected chi connectivity index (χ0v) is 26.3. The summed E-state index contributed by atoms with van der Waals surface area (Å²) < 4.78 is 15.1. The van der Waals surface area contributed by atoms with Crippen LogP contribution in [0, 0.1) is 7.14 Å². The van der Waals surface area contributed by atoms with E-state index in [1.807, 2.05) is 72.8 Å². The first-order chi connectivity index (χ1) is 18.8. The summed E-state index contributed by atoms with van der Waals surface area (Å²) in [6, 6.07) is 20.0. The standard InChI is InChI=1S/C29H23I2N3O4S/c1-16-24(27(35)33-20-7-5-4-6-8-20)25(17-9-11-21(37-2)12-10-17)34-28(36)23(39-29(34)32-16)14-18-13-19(30)15-22(31)26(18)38-3/h4-15,25H,1-3H3,(H,33,35)/b23-14+/t25-/m1/s1. The van der Waals surface area contributed by atoms with Crippen molar-refractivity contribution in [3.63, 3.8) is 0 Å². The summed E-state index contributed by atoms with van der Waals surface area (Å²) in [6.45, 7) is 1.80. The van der Waals surface area contributed by atoms with E-state index < -0.39 is 6.04 Å². The molecule has 3 aromatic carbocycles. The molecule has 0 saturated carbocycles. The molecule has 0 fully saturated rings. The molecule has 1 aliphatic rings. The topological polar surface area (TPSA) is 81.9 Å². The molecule has 198 valence electrons. The smallest absolute Gasteiger partial charge is 0.271 e. The first-order valence-electron chi connectivity index (χ1n) is 11.9. The van der Waals surface area contributed by atoms with Crippen LogP contribution in [0.5, 0.6) is 11.5 Å². The van der Waals surface area contributed by atoms with E-state index in [1.165, 1.54) is 11.3 Å². The van der Waals surface area contributed by atoms with Crippen molar-refractivity contribution in [2.75, 3.05) is 19.5 Å². The van der Waals surface area contributed by atoms with Gasteiger partial charge in [-0.25, -0.2) is 4.99 Å². The predicted octanol–water partition coefficient (Wildman–Crippen LogP) is 5.10. The van der Waals surface area contributed by atoms with Gasteiger partial charge in [0, 0.05) is 14.8 Å². The van der Waals surface area contributed by atoms with Crippen molar-refractivity contribution in [1.82, 2.24) is 4.57 Å². The lowest BCUT2D eigenvalue weighted by atomic mass is 9.95. The first kappa shape index (κ1) is 27.6. The molecule has 1 aromatic heterocycles. The van der Waals surface area contributed by atoms with Crippen molar-refractivity contribution >= 4 is 74.2 Å². The second-order valence-electron chi connectivity index (χ2n) is 8.69. The Morgan fingerprint density at radius 1 is 1.05 bits per heavy atom. The molecular formula is C29H23I2N3O4S. The third-order valence-corrected chi connectivity index (χ3v) is 8.66. The third kappa shape index (κ3) is 5.54. The molecule has 1 amide bonds. The number of allylic oxidation sites excluding steroid dienone is 1. The van der Waals surface area contributed by atoms with Crippen LogP contribution in [-0.2, 0) is 4.79 Å². The molecular weight excluding hydrogens is 740 g/mol. The van der Waals surface area contributed by atoms with E-state index in [0.29, 0.717) is 37.8 Å². The van der Waals surface area contributed by atoms with Crippen LogP contribution in [0.4, 0.5) is 5.69 Å². The SMILES string of the molecule is COc1ccc([C@@H]2C(C(=O)Nc3ccccc3)=C(C)N=c3s/c(=C/c4cc(I)cc(I)c4OC)c(=O)n32)cc1. The number of nitrogens with zero attached hydrogens (tertiary/aromatic N) is 2. The Labute approximate surface area is 256 Å². The Hall–Kier alpha value is -2.97. The number of hydrogen-bond acceptors (Lipinski definition) is 6. The summed E-state index contributed by atoms with van der Waals surface area (Å²) in [4.78, 5) is 32.9. The fraction of sp³-hybridized carbons (Fsp3) is 0.138. The number of fused-ring (bicyclic) bond motifs is 1. The van der Waals surface area contributed by atoms with Gasteiger partial charge in [0.2, 0.25) is 0 Å². The summed E-state index contributed by atoms with van der Waals surface area (Å²) >= 11 is 5.77. The van der Waals surface area contributed by atoms with E-state index >= 15 is 0 Å². The summed E-state index contributed by atoms with van der Waals surface area (Å²) in [5.41, 5.74) is 2.97. The molecule has 2 heterocycles. The fourth-order valence-electron chi connectivity index (χ4n) is 4.48. The number of ether oxygens (including phenoxy) is 2. The number of nitrogens with one attached hydrogen (secondary N) is 1. The van der Waals surface area contributed by atoms with Crippen LogP contribution in [0.25, 0.3) is 6.08 Å². The van der Waals surface area contributed by atoms with Crippen molar-refractivity contribution in [3.8, 4) is 11.5 Å². The zero-order chi connectivity index (χ0) is 27.7. The highest BCUT2D eigenvalue weighted by Crippen LogP contribution is 2.32. The highest BCUT2D eigenvalue weighted by Gasteiger charge is 2.32. The summed E-state index contributed by atoms with van der Waals surface area (Å²) in [5.74, 6) is 1.07. The van der Waals surface area contributed by atoms with Gasteiger partial charge in [-0.2, -0.15) is 0 Å². The quantitative estimate of drug-likeness (QED) is 0.278. The lowest BCUT2D eigenvalue weighted by molar-refractivity contribution is -0.113. The van der Waals surface area contributed by atoms with Gasteiger partial charge in [-0.05, 0) is 100 Å². The van der Waals surface area contributed by atoms with E-state index in [0.717, 1.165) is 18.3 Å². The molecule has 0 aliphatic carbocycles. The van der Waals surface area contributed by atoms with Crippen LogP contribution in [0.3, 0.4) is 0 Å². The number of amides is 1. The number of carbonyl (C=O) groups is 1. The second-order valence-corrected chi connectivity index (χ2v) is 12.1. The van der Waals surface area contributed by atoms with Gasteiger partial charge in [0.15, 0.2) is 4.80 Å². The average molecular weight is 763 g/mol. The summed E-state index contributed by atoms with van der Waals surface area (Å²) in [6.07, 6.45) is 1.83. The van der Waals surface area contributed by atoms with Gasteiger partial charge in [0.1, 0.15) is 11.5 Å². The number of para-hydroxylation sites is 1. The largest absolute Gasteiger partial charge is 0.497 e. The maximum atomic E-state index is 14.0. The van der Waals surface area contributed by atoms with Gasteiger partial charge in [-0.1, -0.05) is 41.7 Å². The van der Waals surface area contributed by atoms with Crippen molar-refractivity contribution in [3.05, 3.63) is 116 Å². The van der Waals surface area contributed by atoms with Gasteiger partial charge >= 0.3 is 0 Å². The molecule has 0 bridgehead atoms. The molecule has 0 radical (unpaired) electrons. The van der Waals surface area contributed by atoms with E-state index in [4.69, 9.17) is 14.5 Å². The molecule has 0 spiro atoms. The van der Waals surface area contributed by atoms with Crippen molar-refractivity contribution in [1.29, 1.82) is 0 Å². The summed E-state index contributed by atoms with van der Waals surface area (Å²) in [5, 5.41) is 2.97. The number of methoxy groups -OCH3 is 2. The molecule has 1 aliphatic heterocycles.